The van der Waals surface area contributed by atoms with Gasteiger partial charge in [0.25, 0.3) is 0 Å². The van der Waals surface area contributed by atoms with Gasteiger partial charge in [-0.15, -0.1) is 0 Å². The van der Waals surface area contributed by atoms with Crippen molar-refractivity contribution in [2.75, 3.05) is 0 Å². The average molecular weight is 451 g/mol. The second-order valence-corrected chi connectivity index (χ2v) is 14.5. The number of Topliss-reactive ketones (excluding diaryl/α,β-unsaturated/α-hetero) is 1. The van der Waals surface area contributed by atoms with E-state index in [2.05, 4.69) is 54.5 Å². The van der Waals surface area contributed by atoms with E-state index in [9.17, 15) is 4.79 Å². The van der Waals surface area contributed by atoms with E-state index in [1.54, 1.807) is 0 Å². The van der Waals surface area contributed by atoms with Crippen LogP contribution in [0.1, 0.15) is 99.8 Å². The Morgan fingerprint density at radius 3 is 2.55 bits per heavy atom. The quantitative estimate of drug-likeness (QED) is 0.414. The summed E-state index contributed by atoms with van der Waals surface area (Å²) in [4.78, 5) is 14.8. The van der Waals surface area contributed by atoms with E-state index >= 15 is 0 Å². The van der Waals surface area contributed by atoms with Gasteiger partial charge in [-0.2, -0.15) is 0 Å². The maximum absolute atomic E-state index is 14.8. The maximum atomic E-state index is 14.8. The van der Waals surface area contributed by atoms with E-state index in [1.165, 1.54) is 18.4 Å². The van der Waals surface area contributed by atoms with E-state index in [1.807, 2.05) is 0 Å². The Hall–Kier alpha value is -1.09. The number of carbonyl (C=O) groups is 1. The zero-order valence-corrected chi connectivity index (χ0v) is 21.8. The molecule has 33 heavy (non-hydrogen) atoms. The SMILES string of the molecule is CC1=CC[C@]23CCC4C(C)(C)CCC[C@]45C[C@]24[C@@H]1C[C@H]1C(C)(C)OC(=C(C(C)C)C3=O)[C@@]14O5. The average Bonchev–Trinajstić information content (AvgIpc) is 3.18. The van der Waals surface area contributed by atoms with Crippen LogP contribution in [-0.2, 0) is 14.3 Å². The smallest absolute Gasteiger partial charge is 0.169 e. The second kappa shape index (κ2) is 5.66. The molecule has 3 nitrogen and oxygen atoms in total. The molecule has 3 spiro atoms. The van der Waals surface area contributed by atoms with Gasteiger partial charge in [0, 0.05) is 22.3 Å². The Balaban J connectivity index is 1.61. The molecule has 3 heteroatoms. The van der Waals surface area contributed by atoms with Crippen LogP contribution in [0, 0.1) is 39.9 Å². The molecule has 180 valence electrons. The third kappa shape index (κ3) is 1.92. The standard InChI is InChI=1S/C30H42O3/c1-17(2)22-23(31)27-13-9-18(3)19-15-21-26(6,7)32-24(22)30(21)29(19,27)16-28(33-30)12-8-11-25(4,5)20(28)10-14-27/h9,17,19-21H,8,10-16H2,1-7H3/t19-,20?,21+,27-,28+,29+,30+/m1/s1. The molecular weight excluding hydrogens is 408 g/mol. The predicted octanol–water partition coefficient (Wildman–Crippen LogP) is 6.76. The van der Waals surface area contributed by atoms with Gasteiger partial charge in [0.1, 0.15) is 17.0 Å². The van der Waals surface area contributed by atoms with Crippen molar-refractivity contribution in [2.24, 2.45) is 39.9 Å². The molecule has 0 aromatic rings. The lowest BCUT2D eigenvalue weighted by Gasteiger charge is -2.60. The van der Waals surface area contributed by atoms with Gasteiger partial charge in [-0.25, -0.2) is 0 Å². The first kappa shape index (κ1) is 21.2. The lowest BCUT2D eigenvalue weighted by molar-refractivity contribution is -0.207. The highest BCUT2D eigenvalue weighted by molar-refractivity contribution is 6.04. The number of ether oxygens (including phenoxy) is 2. The first-order chi connectivity index (χ1) is 15.4. The third-order valence-corrected chi connectivity index (χ3v) is 12.2. The lowest BCUT2D eigenvalue weighted by atomic mass is 9.42. The first-order valence-electron chi connectivity index (χ1n) is 13.7. The Morgan fingerprint density at radius 2 is 1.82 bits per heavy atom. The summed E-state index contributed by atoms with van der Waals surface area (Å²) in [5.41, 5.74) is 1.45. The fraction of sp³-hybridized carbons (Fsp3) is 0.833. The summed E-state index contributed by atoms with van der Waals surface area (Å²) >= 11 is 0. The lowest BCUT2D eigenvalue weighted by Crippen LogP contribution is -2.65. The van der Waals surface area contributed by atoms with Crippen LogP contribution in [0.2, 0.25) is 0 Å². The Bertz CT molecular complexity index is 1040. The summed E-state index contributed by atoms with van der Waals surface area (Å²) in [6, 6.07) is 0. The highest BCUT2D eigenvalue weighted by Gasteiger charge is 2.90. The minimum absolute atomic E-state index is 0.111. The molecule has 7 atom stereocenters. The molecule has 2 bridgehead atoms. The van der Waals surface area contributed by atoms with Crippen molar-refractivity contribution in [3.8, 4) is 0 Å². The summed E-state index contributed by atoms with van der Waals surface area (Å²) in [6.45, 7) is 16.2. The van der Waals surface area contributed by atoms with Gasteiger partial charge in [-0.1, -0.05) is 45.8 Å². The molecule has 2 heterocycles. The Kier molecular flexibility index (Phi) is 3.64. The fourth-order valence-electron chi connectivity index (χ4n) is 11.3. The number of ketones is 1. The molecule has 0 radical (unpaired) electrons. The first-order valence-corrected chi connectivity index (χ1v) is 13.7. The molecule has 0 amide bonds. The van der Waals surface area contributed by atoms with E-state index < -0.39 is 5.60 Å². The highest BCUT2D eigenvalue weighted by atomic mass is 16.6. The van der Waals surface area contributed by atoms with Gasteiger partial charge in [-0.05, 0) is 88.9 Å². The van der Waals surface area contributed by atoms with Crippen LogP contribution in [0.4, 0.5) is 0 Å². The van der Waals surface area contributed by atoms with Gasteiger partial charge in [-0.3, -0.25) is 4.79 Å². The molecule has 0 aromatic carbocycles. The number of rotatable bonds is 1. The van der Waals surface area contributed by atoms with Crippen molar-refractivity contribution in [1.82, 2.24) is 0 Å². The fourth-order valence-corrected chi connectivity index (χ4v) is 11.3. The maximum Gasteiger partial charge on any atom is 0.169 e. The van der Waals surface area contributed by atoms with Gasteiger partial charge < -0.3 is 9.47 Å². The minimum atomic E-state index is -0.420. The predicted molar refractivity (Wildman–Crippen MR) is 128 cm³/mol. The third-order valence-electron chi connectivity index (χ3n) is 12.2. The molecule has 0 aromatic heterocycles. The molecule has 3 saturated carbocycles. The van der Waals surface area contributed by atoms with Crippen LogP contribution in [0.25, 0.3) is 0 Å². The summed E-state index contributed by atoms with van der Waals surface area (Å²) in [6.07, 6.45) is 11.4. The van der Waals surface area contributed by atoms with Crippen LogP contribution in [0.3, 0.4) is 0 Å². The van der Waals surface area contributed by atoms with Crippen molar-refractivity contribution in [1.29, 1.82) is 0 Å². The molecule has 1 unspecified atom stereocenters. The van der Waals surface area contributed by atoms with Gasteiger partial charge in [0.2, 0.25) is 0 Å². The summed E-state index contributed by atoms with van der Waals surface area (Å²) in [5.74, 6) is 2.84. The number of hydrogen-bond donors (Lipinski definition) is 0. The topological polar surface area (TPSA) is 35.5 Å². The normalized spacial score (nSPS) is 52.3. The zero-order chi connectivity index (χ0) is 23.4. The second-order valence-electron chi connectivity index (χ2n) is 14.5. The Labute approximate surface area is 199 Å². The van der Waals surface area contributed by atoms with Gasteiger partial charge >= 0.3 is 0 Å². The van der Waals surface area contributed by atoms with Crippen molar-refractivity contribution in [3.63, 3.8) is 0 Å². The van der Waals surface area contributed by atoms with Crippen molar-refractivity contribution in [3.05, 3.63) is 23.0 Å². The molecule has 7 aliphatic rings. The van der Waals surface area contributed by atoms with Crippen LogP contribution in [-0.4, -0.2) is 22.6 Å². The highest BCUT2D eigenvalue weighted by Crippen LogP contribution is 2.86. The van der Waals surface area contributed by atoms with Crippen LogP contribution in [0.5, 0.6) is 0 Å². The molecule has 5 aliphatic carbocycles. The van der Waals surface area contributed by atoms with Crippen LogP contribution < -0.4 is 0 Å². The van der Waals surface area contributed by atoms with Crippen LogP contribution >= 0.6 is 0 Å². The molecule has 0 N–H and O–H groups in total. The van der Waals surface area contributed by atoms with E-state index in [-0.39, 0.29) is 33.4 Å². The summed E-state index contributed by atoms with van der Waals surface area (Å²) < 4.78 is 14.8. The molecule has 5 fully saturated rings. The van der Waals surface area contributed by atoms with Crippen molar-refractivity contribution in [2.45, 2.75) is 117 Å². The number of carbonyl (C=O) groups excluding carboxylic acids is 1. The van der Waals surface area contributed by atoms with Crippen molar-refractivity contribution >= 4 is 5.78 Å². The van der Waals surface area contributed by atoms with Gasteiger partial charge in [0.15, 0.2) is 5.78 Å². The van der Waals surface area contributed by atoms with Crippen LogP contribution in [0.15, 0.2) is 23.0 Å². The number of allylic oxidation sites excluding steroid dienone is 3. The summed E-state index contributed by atoms with van der Waals surface area (Å²) in [5, 5.41) is 0. The molecular formula is C30H42O3. The van der Waals surface area contributed by atoms with E-state index in [0.717, 1.165) is 49.9 Å². The van der Waals surface area contributed by atoms with Crippen molar-refractivity contribution < 1.29 is 14.3 Å². The monoisotopic (exact) mass is 450 g/mol. The zero-order valence-electron chi connectivity index (χ0n) is 21.8. The number of hydrogen-bond acceptors (Lipinski definition) is 3. The molecule has 2 saturated heterocycles. The summed E-state index contributed by atoms with van der Waals surface area (Å²) in [7, 11) is 0. The minimum Gasteiger partial charge on any atom is -0.488 e. The molecule has 7 rings (SSSR count). The van der Waals surface area contributed by atoms with E-state index in [0.29, 0.717) is 23.5 Å². The largest absolute Gasteiger partial charge is 0.488 e. The van der Waals surface area contributed by atoms with Gasteiger partial charge in [0.05, 0.1) is 5.60 Å². The van der Waals surface area contributed by atoms with E-state index in [4.69, 9.17) is 9.47 Å². The molecule has 2 aliphatic heterocycles. The Morgan fingerprint density at radius 1 is 1.06 bits per heavy atom.